The van der Waals surface area contributed by atoms with E-state index in [0.717, 1.165) is 38.6 Å². The van der Waals surface area contributed by atoms with Gasteiger partial charge in [-0.2, -0.15) is 0 Å². The van der Waals surface area contributed by atoms with E-state index >= 15 is 0 Å². The van der Waals surface area contributed by atoms with Crippen LogP contribution in [0.15, 0.2) is 5.38 Å². The van der Waals surface area contributed by atoms with Crippen LogP contribution in [0.25, 0.3) is 0 Å². The molecule has 0 spiro atoms. The second-order valence-corrected chi connectivity index (χ2v) is 11.4. The molecule has 2 rings (SSSR count). The number of rotatable bonds is 16. The molecule has 11 heteroatoms. The molecule has 214 valence electrons. The summed E-state index contributed by atoms with van der Waals surface area (Å²) in [6, 6.07) is -0.874. The van der Waals surface area contributed by atoms with Gasteiger partial charge in [-0.1, -0.05) is 27.2 Å². The largest absolute Gasteiger partial charge is 0.464 e. The lowest BCUT2D eigenvalue weighted by Gasteiger charge is -2.36. The Morgan fingerprint density at radius 3 is 2.42 bits per heavy atom. The maximum atomic E-state index is 13.7. The summed E-state index contributed by atoms with van der Waals surface area (Å²) >= 11 is 1.21. The van der Waals surface area contributed by atoms with Crippen molar-refractivity contribution in [3.8, 4) is 0 Å². The number of nitrogens with one attached hydrogen (secondary N) is 2. The Kier molecular flexibility index (Phi) is 12.6. The molecular formula is C27H44N4O6S. The molecule has 0 unspecified atom stereocenters. The molecule has 1 aliphatic carbocycles. The molecule has 4 atom stereocenters. The highest BCUT2D eigenvalue weighted by Crippen LogP contribution is 2.35. The lowest BCUT2D eigenvalue weighted by molar-refractivity contribution is -0.149. The Morgan fingerprint density at radius 1 is 1.18 bits per heavy atom. The van der Waals surface area contributed by atoms with Gasteiger partial charge in [0, 0.05) is 37.7 Å². The molecule has 1 aromatic rings. The second kappa shape index (κ2) is 15.2. The van der Waals surface area contributed by atoms with Gasteiger partial charge in [0.25, 0.3) is 0 Å². The van der Waals surface area contributed by atoms with Crippen molar-refractivity contribution in [2.24, 2.45) is 17.8 Å². The van der Waals surface area contributed by atoms with Crippen molar-refractivity contribution in [2.45, 2.75) is 84.4 Å². The fraction of sp³-hybridized carbons (Fsp3) is 0.741. The monoisotopic (exact) mass is 552 g/mol. The molecule has 1 heterocycles. The Balaban J connectivity index is 2.15. The van der Waals surface area contributed by atoms with Gasteiger partial charge in [0.15, 0.2) is 11.8 Å². The van der Waals surface area contributed by atoms with Crippen LogP contribution >= 0.6 is 11.3 Å². The number of carbonyl (C=O) groups excluding carboxylic acids is 4. The molecule has 0 bridgehead atoms. The van der Waals surface area contributed by atoms with Crippen LogP contribution in [0.4, 0.5) is 0 Å². The van der Waals surface area contributed by atoms with Crippen molar-refractivity contribution >= 4 is 35.1 Å². The normalized spacial score (nSPS) is 16.3. The fourth-order valence-electron chi connectivity index (χ4n) is 4.50. The minimum atomic E-state index is -0.731. The quantitative estimate of drug-likeness (QED) is 0.236. The maximum Gasteiger partial charge on any atom is 0.357 e. The molecule has 1 saturated carbocycles. The number of likely N-dealkylation sites (N-methyl/N-ethyl adjacent to an activating group) is 1. The van der Waals surface area contributed by atoms with Crippen molar-refractivity contribution in [3.05, 3.63) is 16.1 Å². The number of methoxy groups -OCH3 is 1. The molecule has 1 aliphatic rings. The molecular weight excluding hydrogens is 508 g/mol. The van der Waals surface area contributed by atoms with Crippen LogP contribution in [0.1, 0.15) is 87.8 Å². The smallest absolute Gasteiger partial charge is 0.357 e. The molecule has 2 N–H and O–H groups in total. The molecule has 0 aliphatic heterocycles. The molecule has 0 aromatic carbocycles. The maximum absolute atomic E-state index is 13.7. The summed E-state index contributed by atoms with van der Waals surface area (Å²) in [5, 5.41) is 8.18. The Morgan fingerprint density at radius 2 is 1.87 bits per heavy atom. The van der Waals surface area contributed by atoms with Crippen LogP contribution < -0.4 is 10.6 Å². The van der Waals surface area contributed by atoms with Gasteiger partial charge in [-0.3, -0.25) is 14.4 Å². The zero-order valence-electron chi connectivity index (χ0n) is 23.7. The summed E-state index contributed by atoms with van der Waals surface area (Å²) < 4.78 is 10.3. The first-order valence-corrected chi connectivity index (χ1v) is 14.3. The average Bonchev–Trinajstić information content (AvgIpc) is 3.60. The standard InChI is InChI=1S/C27H44N4O6S/c1-16(2)21(14-22(37-18(4)32)25-29-20(15-38-25)27(35)36-7)31(6)26(34)23(19-11-12-19)30-24(33)17(3)10-8-9-13-28-5/h15-17,19,21-23,28H,8-14H2,1-7H3,(H,30,33)/t17-,21-,22-,23+/m1/s1. The number of unbranched alkanes of at least 4 members (excludes halogenated alkanes) is 1. The summed E-state index contributed by atoms with van der Waals surface area (Å²) in [4.78, 5) is 56.5. The van der Waals surface area contributed by atoms with E-state index in [1.807, 2.05) is 27.8 Å². The first-order chi connectivity index (χ1) is 18.0. The van der Waals surface area contributed by atoms with Gasteiger partial charge in [0.2, 0.25) is 11.8 Å². The third-order valence-electron chi connectivity index (χ3n) is 6.99. The van der Waals surface area contributed by atoms with E-state index in [9.17, 15) is 19.2 Å². The zero-order valence-corrected chi connectivity index (χ0v) is 24.6. The molecule has 1 fully saturated rings. The number of hydrogen-bond acceptors (Lipinski definition) is 9. The van der Waals surface area contributed by atoms with Gasteiger partial charge in [0.1, 0.15) is 11.0 Å². The highest BCUT2D eigenvalue weighted by atomic mass is 32.1. The number of nitrogens with zero attached hydrogens (tertiary/aromatic N) is 2. The van der Waals surface area contributed by atoms with E-state index in [4.69, 9.17) is 9.47 Å². The number of ether oxygens (including phenoxy) is 2. The average molecular weight is 553 g/mol. The van der Waals surface area contributed by atoms with E-state index in [1.54, 1.807) is 17.3 Å². The van der Waals surface area contributed by atoms with E-state index in [1.165, 1.54) is 25.4 Å². The topological polar surface area (TPSA) is 127 Å². The lowest BCUT2D eigenvalue weighted by Crippen LogP contribution is -2.53. The van der Waals surface area contributed by atoms with E-state index < -0.39 is 24.1 Å². The molecule has 0 radical (unpaired) electrons. The van der Waals surface area contributed by atoms with Crippen molar-refractivity contribution in [3.63, 3.8) is 0 Å². The molecule has 0 saturated heterocycles. The number of aromatic nitrogens is 1. The van der Waals surface area contributed by atoms with Crippen LogP contribution in [0.2, 0.25) is 0 Å². The summed E-state index contributed by atoms with van der Waals surface area (Å²) in [5.74, 6) is -1.29. The zero-order chi connectivity index (χ0) is 28.4. The van der Waals surface area contributed by atoms with Gasteiger partial charge < -0.3 is 25.0 Å². The Labute approximate surface area is 230 Å². The fourth-order valence-corrected chi connectivity index (χ4v) is 5.33. The highest BCUT2D eigenvalue weighted by Gasteiger charge is 2.41. The summed E-state index contributed by atoms with van der Waals surface area (Å²) in [6.45, 7) is 8.14. The first kappa shape index (κ1) is 31.7. The minimum Gasteiger partial charge on any atom is -0.464 e. The summed E-state index contributed by atoms with van der Waals surface area (Å²) in [6.07, 6.45) is 4.10. The van der Waals surface area contributed by atoms with Crippen LogP contribution in [0, 0.1) is 17.8 Å². The van der Waals surface area contributed by atoms with Gasteiger partial charge in [-0.05, 0) is 51.1 Å². The summed E-state index contributed by atoms with van der Waals surface area (Å²) in [7, 11) is 4.93. The number of hydrogen-bond donors (Lipinski definition) is 2. The van der Waals surface area contributed by atoms with Gasteiger partial charge in [0.05, 0.1) is 7.11 Å². The van der Waals surface area contributed by atoms with Crippen molar-refractivity contribution in [2.75, 3.05) is 27.7 Å². The Hall–Kier alpha value is -2.53. The van der Waals surface area contributed by atoms with Crippen molar-refractivity contribution in [1.29, 1.82) is 0 Å². The van der Waals surface area contributed by atoms with Crippen LogP contribution in [0.3, 0.4) is 0 Å². The lowest BCUT2D eigenvalue weighted by atomic mass is 9.95. The number of esters is 2. The second-order valence-electron chi connectivity index (χ2n) is 10.5. The summed E-state index contributed by atoms with van der Waals surface area (Å²) in [5.41, 5.74) is 0.145. The van der Waals surface area contributed by atoms with Crippen LogP contribution in [-0.2, 0) is 23.9 Å². The third-order valence-corrected chi connectivity index (χ3v) is 7.93. The number of amides is 2. The highest BCUT2D eigenvalue weighted by molar-refractivity contribution is 7.09. The number of thiazole rings is 1. The van der Waals surface area contributed by atoms with Crippen molar-refractivity contribution < 1.29 is 28.7 Å². The predicted octanol–water partition coefficient (Wildman–Crippen LogP) is 3.33. The first-order valence-electron chi connectivity index (χ1n) is 13.4. The third kappa shape index (κ3) is 9.34. The minimum absolute atomic E-state index is 0.0312. The van der Waals surface area contributed by atoms with Crippen molar-refractivity contribution in [1.82, 2.24) is 20.5 Å². The van der Waals surface area contributed by atoms with E-state index in [0.29, 0.717) is 11.4 Å². The predicted molar refractivity (Wildman–Crippen MR) is 146 cm³/mol. The molecule has 1 aromatic heterocycles. The van der Waals surface area contributed by atoms with Gasteiger partial charge in [-0.25, -0.2) is 9.78 Å². The molecule has 2 amide bonds. The Bertz CT molecular complexity index is 948. The van der Waals surface area contributed by atoms with Crippen LogP contribution in [-0.4, -0.2) is 73.5 Å². The van der Waals surface area contributed by atoms with E-state index in [-0.39, 0.29) is 41.3 Å². The van der Waals surface area contributed by atoms with E-state index in [2.05, 4.69) is 15.6 Å². The molecule has 10 nitrogen and oxygen atoms in total. The SMILES string of the molecule is CNCCCC[C@@H](C)C(=O)N[C@H](C(=O)N(C)[C@H](C[C@@H](OC(C)=O)c1nc(C(=O)OC)cs1)C(C)C)C1CC1. The van der Waals surface area contributed by atoms with Gasteiger partial charge >= 0.3 is 11.9 Å². The van der Waals surface area contributed by atoms with Gasteiger partial charge in [-0.15, -0.1) is 11.3 Å². The molecule has 38 heavy (non-hydrogen) atoms. The number of carbonyl (C=O) groups is 4. The van der Waals surface area contributed by atoms with Crippen LogP contribution in [0.5, 0.6) is 0 Å².